The normalized spacial score (nSPS) is 19.3. The van der Waals surface area contributed by atoms with E-state index in [1.165, 1.54) is 5.56 Å². The third-order valence-corrected chi connectivity index (χ3v) is 7.17. The average Bonchev–Trinajstić information content (AvgIpc) is 3.25. The van der Waals surface area contributed by atoms with Crippen molar-refractivity contribution in [3.8, 4) is 11.5 Å². The molecule has 2 heterocycles. The molecule has 2 atom stereocenters. The highest BCUT2D eigenvalue weighted by Gasteiger charge is 2.42. The summed E-state index contributed by atoms with van der Waals surface area (Å²) in [6.45, 7) is 4.42. The van der Waals surface area contributed by atoms with Gasteiger partial charge in [0.2, 0.25) is 6.23 Å². The molecule has 2 aliphatic rings. The molecule has 0 radical (unpaired) electrons. The van der Waals surface area contributed by atoms with Crippen molar-refractivity contribution < 1.29 is 9.47 Å². The van der Waals surface area contributed by atoms with E-state index in [4.69, 9.17) is 14.6 Å². The first-order chi connectivity index (χ1) is 15.4. The van der Waals surface area contributed by atoms with Crippen LogP contribution in [0.4, 0.5) is 0 Å². The summed E-state index contributed by atoms with van der Waals surface area (Å²) in [5.74, 6) is 2.22. The molecule has 32 heavy (non-hydrogen) atoms. The van der Waals surface area contributed by atoms with Crippen LogP contribution in [0.3, 0.4) is 0 Å². The first-order valence-corrected chi connectivity index (χ1v) is 12.3. The van der Waals surface area contributed by atoms with Gasteiger partial charge in [0.15, 0.2) is 0 Å². The number of nitrogens with zero attached hydrogens (tertiary/aromatic N) is 2. The quantitative estimate of drug-likeness (QED) is 0.332. The van der Waals surface area contributed by atoms with Crippen LogP contribution >= 0.6 is 31.9 Å². The Labute approximate surface area is 205 Å². The number of halogens is 2. The molecule has 0 aromatic heterocycles. The maximum absolute atomic E-state index is 6.57. The van der Waals surface area contributed by atoms with Gasteiger partial charge in [0.1, 0.15) is 11.5 Å². The lowest BCUT2D eigenvalue weighted by Gasteiger charge is -2.38. The summed E-state index contributed by atoms with van der Waals surface area (Å²) < 4.78 is 13.9. The molecule has 0 bridgehead atoms. The summed E-state index contributed by atoms with van der Waals surface area (Å²) >= 11 is 7.35. The van der Waals surface area contributed by atoms with Gasteiger partial charge in [-0.1, -0.05) is 54.0 Å². The number of rotatable bonds is 4. The molecule has 4 nitrogen and oxygen atoms in total. The largest absolute Gasteiger partial charge is 0.497 e. The van der Waals surface area contributed by atoms with Crippen LogP contribution < -0.4 is 9.47 Å². The van der Waals surface area contributed by atoms with E-state index >= 15 is 0 Å². The Morgan fingerprint density at radius 3 is 2.41 bits per heavy atom. The number of benzene rings is 3. The fourth-order valence-corrected chi connectivity index (χ4v) is 5.69. The Kier molecular flexibility index (Phi) is 5.76. The predicted molar refractivity (Wildman–Crippen MR) is 134 cm³/mol. The molecule has 0 N–H and O–H groups in total. The molecule has 3 aromatic carbocycles. The van der Waals surface area contributed by atoms with Crippen LogP contribution in [0, 0.1) is 0 Å². The minimum Gasteiger partial charge on any atom is -0.497 e. The second kappa shape index (κ2) is 8.56. The summed E-state index contributed by atoms with van der Waals surface area (Å²) in [6, 6.07) is 21.1. The van der Waals surface area contributed by atoms with E-state index in [0.717, 1.165) is 49.3 Å². The van der Waals surface area contributed by atoms with Crippen molar-refractivity contribution in [3.05, 3.63) is 91.9 Å². The third kappa shape index (κ3) is 3.84. The van der Waals surface area contributed by atoms with Gasteiger partial charge in [0, 0.05) is 22.0 Å². The van der Waals surface area contributed by atoms with Crippen molar-refractivity contribution >= 4 is 37.6 Å². The third-order valence-electron chi connectivity index (χ3n) is 6.12. The summed E-state index contributed by atoms with van der Waals surface area (Å²) in [5, 5.41) is 7.18. The fraction of sp³-hybridized carbons (Fsp3) is 0.269. The second-order valence-electron chi connectivity index (χ2n) is 8.47. The van der Waals surface area contributed by atoms with Crippen molar-refractivity contribution in [2.45, 2.75) is 38.5 Å². The lowest BCUT2D eigenvalue weighted by Crippen LogP contribution is -2.34. The van der Waals surface area contributed by atoms with Crippen molar-refractivity contribution in [1.29, 1.82) is 0 Å². The molecule has 6 heteroatoms. The van der Waals surface area contributed by atoms with Crippen LogP contribution in [0.5, 0.6) is 11.5 Å². The predicted octanol–water partition coefficient (Wildman–Crippen LogP) is 7.59. The van der Waals surface area contributed by atoms with Gasteiger partial charge in [-0.05, 0) is 69.4 Å². The molecule has 0 aliphatic carbocycles. The Hall–Kier alpha value is -2.31. The van der Waals surface area contributed by atoms with Crippen molar-refractivity contribution in [1.82, 2.24) is 5.01 Å². The summed E-state index contributed by atoms with van der Waals surface area (Å²) in [4.78, 5) is 0. The first kappa shape index (κ1) is 21.5. The van der Waals surface area contributed by atoms with E-state index in [1.54, 1.807) is 7.11 Å². The molecule has 164 valence electrons. The monoisotopic (exact) mass is 554 g/mol. The molecule has 2 unspecified atom stereocenters. The topological polar surface area (TPSA) is 34.1 Å². The second-order valence-corrected chi connectivity index (χ2v) is 10.2. The average molecular weight is 556 g/mol. The minimum atomic E-state index is -0.290. The van der Waals surface area contributed by atoms with E-state index in [2.05, 4.69) is 93.2 Å². The molecule has 0 fully saturated rings. The lowest BCUT2D eigenvalue weighted by atomic mass is 9.95. The first-order valence-electron chi connectivity index (χ1n) is 10.7. The van der Waals surface area contributed by atoms with Gasteiger partial charge in [-0.15, -0.1) is 0 Å². The van der Waals surface area contributed by atoms with Crippen LogP contribution in [0.2, 0.25) is 0 Å². The number of hydrazone groups is 1. The van der Waals surface area contributed by atoms with E-state index in [9.17, 15) is 0 Å². The molecule has 3 aromatic rings. The molecule has 2 aliphatic heterocycles. The Bertz CT molecular complexity index is 1170. The van der Waals surface area contributed by atoms with Gasteiger partial charge < -0.3 is 9.47 Å². The van der Waals surface area contributed by atoms with Crippen LogP contribution in [0.25, 0.3) is 0 Å². The van der Waals surface area contributed by atoms with Crippen LogP contribution in [0.1, 0.15) is 60.7 Å². The van der Waals surface area contributed by atoms with Gasteiger partial charge in [0.05, 0.1) is 23.3 Å². The molecule has 0 saturated carbocycles. The Morgan fingerprint density at radius 1 is 1.03 bits per heavy atom. The van der Waals surface area contributed by atoms with Crippen LogP contribution in [-0.4, -0.2) is 17.8 Å². The smallest absolute Gasteiger partial charge is 0.213 e. The van der Waals surface area contributed by atoms with E-state index in [0.29, 0.717) is 5.92 Å². The van der Waals surface area contributed by atoms with Gasteiger partial charge in [-0.3, -0.25) is 0 Å². The highest BCUT2D eigenvalue weighted by Crippen LogP contribution is 2.50. The maximum atomic E-state index is 6.57. The molecule has 0 amide bonds. The summed E-state index contributed by atoms with van der Waals surface area (Å²) in [6.07, 6.45) is 0.522. The molecular weight excluding hydrogens is 532 g/mol. The standard InChI is InChI=1S/C26H24Br2N2O2/c1-15(2)16-4-6-18(7-5-16)26-30-24(21-12-19(27)13-22(28)25(21)32-26)14-23(29-30)17-8-10-20(31-3)11-9-17/h4-13,15,24,26H,14H2,1-3H3. The zero-order chi connectivity index (χ0) is 22.4. The van der Waals surface area contributed by atoms with Crippen molar-refractivity contribution in [2.75, 3.05) is 7.11 Å². The van der Waals surface area contributed by atoms with Crippen LogP contribution in [-0.2, 0) is 0 Å². The van der Waals surface area contributed by atoms with Gasteiger partial charge >= 0.3 is 0 Å². The van der Waals surface area contributed by atoms with Crippen LogP contribution in [0.15, 0.2) is 74.7 Å². The minimum absolute atomic E-state index is 0.0967. The number of methoxy groups -OCH3 is 1. The van der Waals surface area contributed by atoms with Gasteiger partial charge in [0.25, 0.3) is 0 Å². The molecule has 0 saturated heterocycles. The maximum Gasteiger partial charge on any atom is 0.213 e. The lowest BCUT2D eigenvalue weighted by molar-refractivity contribution is -0.0197. The zero-order valence-corrected chi connectivity index (χ0v) is 21.4. The van der Waals surface area contributed by atoms with E-state index in [-0.39, 0.29) is 12.3 Å². The van der Waals surface area contributed by atoms with Gasteiger partial charge in [-0.25, -0.2) is 5.01 Å². The molecule has 0 spiro atoms. The van der Waals surface area contributed by atoms with Gasteiger partial charge in [-0.2, -0.15) is 5.10 Å². The SMILES string of the molecule is COc1ccc(C2=NN3C(C2)c2cc(Br)cc(Br)c2OC3c2ccc(C(C)C)cc2)cc1. The molecule has 5 rings (SSSR count). The van der Waals surface area contributed by atoms with E-state index < -0.39 is 0 Å². The fourth-order valence-electron chi connectivity index (χ4n) is 4.34. The molecular formula is C26H24Br2N2O2. The van der Waals surface area contributed by atoms with Crippen molar-refractivity contribution in [2.24, 2.45) is 5.10 Å². The number of hydrogen-bond donors (Lipinski definition) is 0. The number of ether oxygens (including phenoxy) is 2. The highest BCUT2D eigenvalue weighted by molar-refractivity contribution is 9.11. The Balaban J connectivity index is 1.57. The highest BCUT2D eigenvalue weighted by atomic mass is 79.9. The number of hydrogen-bond acceptors (Lipinski definition) is 4. The Morgan fingerprint density at radius 2 is 1.75 bits per heavy atom. The summed E-state index contributed by atoms with van der Waals surface area (Å²) in [5.41, 5.74) is 5.70. The van der Waals surface area contributed by atoms with Crippen molar-refractivity contribution in [3.63, 3.8) is 0 Å². The number of fused-ring (bicyclic) bond motifs is 3. The summed E-state index contributed by atoms with van der Waals surface area (Å²) in [7, 11) is 1.68. The zero-order valence-electron chi connectivity index (χ0n) is 18.2. The van der Waals surface area contributed by atoms with E-state index in [1.807, 2.05) is 18.2 Å².